The normalized spacial score (nSPS) is 29.2. The molecule has 1 aromatic carbocycles. The molecule has 4 nitrogen and oxygen atoms in total. The maximum atomic E-state index is 12.6. The van der Waals surface area contributed by atoms with Crippen LogP contribution in [0.4, 0.5) is 0 Å². The van der Waals surface area contributed by atoms with Gasteiger partial charge in [0.2, 0.25) is 0 Å². The summed E-state index contributed by atoms with van der Waals surface area (Å²) < 4.78 is 5.82. The van der Waals surface area contributed by atoms with Crippen LogP contribution in [0.3, 0.4) is 0 Å². The number of nitrogens with zero attached hydrogens (tertiary/aromatic N) is 1. The molecule has 1 saturated carbocycles. The van der Waals surface area contributed by atoms with E-state index >= 15 is 0 Å². The van der Waals surface area contributed by atoms with Gasteiger partial charge in [0.05, 0.1) is 5.56 Å². The van der Waals surface area contributed by atoms with Crippen LogP contribution in [0.5, 0.6) is 5.75 Å². The zero-order valence-corrected chi connectivity index (χ0v) is 17.3. The van der Waals surface area contributed by atoms with Crippen molar-refractivity contribution in [3.63, 3.8) is 0 Å². The molecule has 3 aliphatic rings. The Morgan fingerprint density at radius 3 is 2.68 bits per heavy atom. The van der Waals surface area contributed by atoms with Gasteiger partial charge in [-0.3, -0.25) is 4.90 Å². The molecule has 150 valence electrons. The number of phenolic OH excluding ortho intramolecular Hbond substituents is 1. The summed E-state index contributed by atoms with van der Waals surface area (Å²) in [5.74, 6) is 0.247. The maximum absolute atomic E-state index is 12.6. The van der Waals surface area contributed by atoms with Crippen molar-refractivity contribution in [3.8, 4) is 5.75 Å². The van der Waals surface area contributed by atoms with Crippen molar-refractivity contribution in [3.05, 3.63) is 39.2 Å². The Morgan fingerprint density at radius 1 is 1.14 bits per heavy atom. The van der Waals surface area contributed by atoms with E-state index in [1.807, 2.05) is 6.07 Å². The summed E-state index contributed by atoms with van der Waals surface area (Å²) in [6.45, 7) is 8.86. The van der Waals surface area contributed by atoms with Crippen molar-refractivity contribution in [2.75, 3.05) is 6.54 Å². The van der Waals surface area contributed by atoms with Gasteiger partial charge in [-0.25, -0.2) is 4.79 Å². The SMILES string of the molecule is CC1(C)C[C@@H]2C[C@@](C)(CN2Cc2c(O)ccc3c4c(c(=O)oc23)CCCC4)C1. The molecule has 2 fully saturated rings. The van der Waals surface area contributed by atoms with Gasteiger partial charge in [-0.05, 0) is 73.5 Å². The molecule has 1 saturated heterocycles. The first kappa shape index (κ1) is 18.2. The molecule has 0 radical (unpaired) electrons. The number of aryl methyl sites for hydroxylation is 1. The predicted molar refractivity (Wildman–Crippen MR) is 111 cm³/mol. The average molecular weight is 382 g/mol. The molecule has 1 aromatic heterocycles. The highest BCUT2D eigenvalue weighted by molar-refractivity contribution is 5.86. The van der Waals surface area contributed by atoms with Crippen LogP contribution < -0.4 is 5.63 Å². The van der Waals surface area contributed by atoms with Gasteiger partial charge in [-0.15, -0.1) is 0 Å². The van der Waals surface area contributed by atoms with Gasteiger partial charge in [0, 0.05) is 30.1 Å². The lowest BCUT2D eigenvalue weighted by Gasteiger charge is -2.40. The average Bonchev–Trinajstić information content (AvgIpc) is 2.86. The van der Waals surface area contributed by atoms with Gasteiger partial charge >= 0.3 is 5.63 Å². The van der Waals surface area contributed by atoms with Crippen LogP contribution in [0.15, 0.2) is 21.3 Å². The third kappa shape index (κ3) is 2.88. The third-order valence-corrected chi connectivity index (χ3v) is 7.35. The number of benzene rings is 1. The summed E-state index contributed by atoms with van der Waals surface area (Å²) in [6, 6.07) is 4.27. The standard InChI is InChI=1S/C24H31NO3/c1-23(2)10-15-11-24(3,13-23)14-25(15)12-19-20(26)9-8-17-16-6-4-5-7-18(16)22(27)28-21(17)19/h8-9,15,26H,4-7,10-14H2,1-3H3/t15-,24-/m1/s1. The van der Waals surface area contributed by atoms with E-state index in [1.54, 1.807) is 6.07 Å². The van der Waals surface area contributed by atoms with Crippen LogP contribution >= 0.6 is 0 Å². The van der Waals surface area contributed by atoms with Gasteiger partial charge in [-0.1, -0.05) is 20.8 Å². The minimum atomic E-state index is -0.206. The van der Waals surface area contributed by atoms with E-state index in [2.05, 4.69) is 25.7 Å². The highest BCUT2D eigenvalue weighted by Gasteiger charge is 2.49. The first-order valence-corrected chi connectivity index (χ1v) is 10.8. The van der Waals surface area contributed by atoms with Crippen LogP contribution in [0, 0.1) is 10.8 Å². The predicted octanol–water partition coefficient (Wildman–Crippen LogP) is 4.78. The summed E-state index contributed by atoms with van der Waals surface area (Å²) in [5.41, 5.74) is 3.88. The van der Waals surface area contributed by atoms with Crippen molar-refractivity contribution < 1.29 is 9.52 Å². The van der Waals surface area contributed by atoms with Crippen molar-refractivity contribution in [1.82, 2.24) is 4.90 Å². The van der Waals surface area contributed by atoms with Gasteiger partial charge in [0.25, 0.3) is 0 Å². The lowest BCUT2D eigenvalue weighted by atomic mass is 9.65. The maximum Gasteiger partial charge on any atom is 0.339 e. The molecule has 2 aliphatic carbocycles. The Balaban J connectivity index is 1.57. The van der Waals surface area contributed by atoms with Gasteiger partial charge in [0.15, 0.2) is 0 Å². The van der Waals surface area contributed by atoms with E-state index in [0.717, 1.165) is 54.3 Å². The monoisotopic (exact) mass is 381 g/mol. The third-order valence-electron chi connectivity index (χ3n) is 7.35. The van der Waals surface area contributed by atoms with Crippen LogP contribution in [-0.4, -0.2) is 22.6 Å². The molecule has 4 heteroatoms. The number of hydrogen-bond acceptors (Lipinski definition) is 4. The Kier molecular flexibility index (Phi) is 3.97. The molecule has 0 amide bonds. The summed E-state index contributed by atoms with van der Waals surface area (Å²) in [5, 5.41) is 11.7. The first-order chi connectivity index (χ1) is 13.2. The molecule has 0 spiro atoms. The molecule has 1 N–H and O–H groups in total. The minimum absolute atomic E-state index is 0.206. The molecule has 0 unspecified atom stereocenters. The molecular formula is C24H31NO3. The van der Waals surface area contributed by atoms with E-state index in [9.17, 15) is 9.90 Å². The minimum Gasteiger partial charge on any atom is -0.507 e. The number of rotatable bonds is 2. The molecular weight excluding hydrogens is 350 g/mol. The Labute approximate surface area is 166 Å². The molecule has 2 heterocycles. The smallest absolute Gasteiger partial charge is 0.339 e. The molecule has 2 atom stereocenters. The number of hydrogen-bond donors (Lipinski definition) is 1. The van der Waals surface area contributed by atoms with E-state index in [1.165, 1.54) is 19.3 Å². The topological polar surface area (TPSA) is 53.7 Å². The molecule has 28 heavy (non-hydrogen) atoms. The summed E-state index contributed by atoms with van der Waals surface area (Å²) >= 11 is 0. The second-order valence-corrected chi connectivity index (χ2v) is 10.6. The number of likely N-dealkylation sites (tertiary alicyclic amines) is 1. The highest BCUT2D eigenvalue weighted by atomic mass is 16.4. The van der Waals surface area contributed by atoms with Crippen molar-refractivity contribution in [2.24, 2.45) is 10.8 Å². The van der Waals surface area contributed by atoms with Gasteiger partial charge in [-0.2, -0.15) is 0 Å². The highest BCUT2D eigenvalue weighted by Crippen LogP contribution is 2.53. The zero-order chi connectivity index (χ0) is 19.7. The fourth-order valence-electron chi connectivity index (χ4n) is 6.67. The van der Waals surface area contributed by atoms with E-state index in [-0.39, 0.29) is 11.4 Å². The summed E-state index contributed by atoms with van der Waals surface area (Å²) in [6.07, 6.45) is 7.57. The van der Waals surface area contributed by atoms with Crippen molar-refractivity contribution in [2.45, 2.75) is 78.3 Å². The van der Waals surface area contributed by atoms with Crippen LogP contribution in [-0.2, 0) is 19.4 Å². The fraction of sp³-hybridized carbons (Fsp3) is 0.625. The lowest BCUT2D eigenvalue weighted by molar-refractivity contribution is 0.126. The quantitative estimate of drug-likeness (QED) is 0.761. The summed E-state index contributed by atoms with van der Waals surface area (Å²) in [7, 11) is 0. The molecule has 2 aromatic rings. The lowest BCUT2D eigenvalue weighted by Crippen LogP contribution is -2.34. The Hall–Kier alpha value is -1.81. The van der Waals surface area contributed by atoms with Gasteiger partial charge < -0.3 is 9.52 Å². The Morgan fingerprint density at radius 2 is 1.89 bits per heavy atom. The van der Waals surface area contributed by atoms with E-state index in [4.69, 9.17) is 4.42 Å². The zero-order valence-electron chi connectivity index (χ0n) is 17.3. The number of phenols is 1. The van der Waals surface area contributed by atoms with Gasteiger partial charge in [0.1, 0.15) is 11.3 Å². The number of aromatic hydroxyl groups is 1. The summed E-state index contributed by atoms with van der Waals surface area (Å²) in [4.78, 5) is 15.2. The molecule has 5 rings (SSSR count). The second kappa shape index (κ2) is 6.09. The largest absolute Gasteiger partial charge is 0.507 e. The molecule has 2 bridgehead atoms. The number of fused-ring (bicyclic) bond motifs is 5. The first-order valence-electron chi connectivity index (χ1n) is 10.8. The van der Waals surface area contributed by atoms with Crippen molar-refractivity contribution >= 4 is 11.0 Å². The second-order valence-electron chi connectivity index (χ2n) is 10.6. The fourth-order valence-corrected chi connectivity index (χ4v) is 6.67. The van der Waals surface area contributed by atoms with Crippen LogP contribution in [0.1, 0.15) is 69.6 Å². The van der Waals surface area contributed by atoms with Crippen LogP contribution in [0.25, 0.3) is 11.0 Å². The Bertz CT molecular complexity index is 1010. The van der Waals surface area contributed by atoms with E-state index < -0.39 is 0 Å². The van der Waals surface area contributed by atoms with Crippen molar-refractivity contribution in [1.29, 1.82) is 0 Å². The molecule has 1 aliphatic heterocycles. The van der Waals surface area contributed by atoms with E-state index in [0.29, 0.717) is 29.0 Å². The van der Waals surface area contributed by atoms with Crippen LogP contribution in [0.2, 0.25) is 0 Å².